The number of amides is 1. The van der Waals surface area contributed by atoms with Gasteiger partial charge in [-0.25, -0.2) is 4.79 Å². The van der Waals surface area contributed by atoms with Crippen LogP contribution in [0.1, 0.15) is 43.5 Å². The number of carboxylic acid groups (broad SMARTS) is 1. The van der Waals surface area contributed by atoms with Crippen molar-refractivity contribution in [3.05, 3.63) is 20.8 Å². The van der Waals surface area contributed by atoms with Crippen LogP contribution in [0.3, 0.4) is 0 Å². The SMILES string of the molecule is CCC(C)OC(=O)C(CCC(=O)O)NC(=O)c1csc(Br)c1. The predicted molar refractivity (Wildman–Crippen MR) is 86.0 cm³/mol. The summed E-state index contributed by atoms with van der Waals surface area (Å²) in [6, 6.07) is 0.658. The van der Waals surface area contributed by atoms with Crippen molar-refractivity contribution in [1.82, 2.24) is 5.32 Å². The number of nitrogens with one attached hydrogen (secondary N) is 1. The molecule has 1 heterocycles. The quantitative estimate of drug-likeness (QED) is 0.664. The first-order chi connectivity index (χ1) is 10.3. The van der Waals surface area contributed by atoms with Crippen molar-refractivity contribution in [2.45, 2.75) is 45.3 Å². The molecule has 2 atom stereocenters. The van der Waals surface area contributed by atoms with Crippen LogP contribution in [0.15, 0.2) is 15.2 Å². The molecular formula is C14H18BrNO5S. The lowest BCUT2D eigenvalue weighted by molar-refractivity contribution is -0.151. The Labute approximate surface area is 141 Å². The third-order valence-corrected chi connectivity index (χ3v) is 4.46. The summed E-state index contributed by atoms with van der Waals surface area (Å²) in [6.45, 7) is 3.61. The number of aliphatic carboxylic acids is 1. The maximum atomic E-state index is 12.1. The fraction of sp³-hybridized carbons (Fsp3) is 0.500. The van der Waals surface area contributed by atoms with E-state index in [9.17, 15) is 14.4 Å². The van der Waals surface area contributed by atoms with Crippen LogP contribution in [0.25, 0.3) is 0 Å². The average molecular weight is 392 g/mol. The largest absolute Gasteiger partial charge is 0.481 e. The Bertz CT molecular complexity index is 545. The molecule has 0 radical (unpaired) electrons. The van der Waals surface area contributed by atoms with Crippen LogP contribution < -0.4 is 5.32 Å². The monoisotopic (exact) mass is 391 g/mol. The van der Waals surface area contributed by atoms with Crippen LogP contribution in [0.5, 0.6) is 0 Å². The first-order valence-corrected chi connectivity index (χ1v) is 8.48. The van der Waals surface area contributed by atoms with Gasteiger partial charge in [-0.2, -0.15) is 0 Å². The van der Waals surface area contributed by atoms with Gasteiger partial charge in [0, 0.05) is 11.8 Å². The number of carbonyl (C=O) groups is 3. The van der Waals surface area contributed by atoms with Crippen molar-refractivity contribution in [1.29, 1.82) is 0 Å². The van der Waals surface area contributed by atoms with Crippen molar-refractivity contribution in [3.8, 4) is 0 Å². The molecule has 6 nitrogen and oxygen atoms in total. The molecule has 1 aromatic rings. The first kappa shape index (κ1) is 18.6. The van der Waals surface area contributed by atoms with E-state index >= 15 is 0 Å². The summed E-state index contributed by atoms with van der Waals surface area (Å²) in [5, 5.41) is 12.9. The van der Waals surface area contributed by atoms with E-state index in [1.54, 1.807) is 18.4 Å². The molecule has 0 aromatic carbocycles. The molecule has 0 fully saturated rings. The normalized spacial score (nSPS) is 13.2. The second-order valence-corrected chi connectivity index (χ2v) is 7.04. The van der Waals surface area contributed by atoms with E-state index in [2.05, 4.69) is 21.2 Å². The molecule has 22 heavy (non-hydrogen) atoms. The molecule has 0 aliphatic carbocycles. The molecule has 0 bridgehead atoms. The Morgan fingerprint density at radius 1 is 1.45 bits per heavy atom. The van der Waals surface area contributed by atoms with Gasteiger partial charge in [-0.05, 0) is 41.8 Å². The second kappa shape index (κ2) is 8.89. The molecule has 1 amide bonds. The highest BCUT2D eigenvalue weighted by Crippen LogP contribution is 2.20. The molecule has 0 saturated heterocycles. The van der Waals surface area contributed by atoms with Crippen LogP contribution in [0, 0.1) is 0 Å². The lowest BCUT2D eigenvalue weighted by Crippen LogP contribution is -2.43. The number of rotatable bonds is 8. The molecule has 122 valence electrons. The highest BCUT2D eigenvalue weighted by molar-refractivity contribution is 9.11. The van der Waals surface area contributed by atoms with Gasteiger partial charge in [0.15, 0.2) is 0 Å². The minimum Gasteiger partial charge on any atom is -0.481 e. The average Bonchev–Trinajstić information content (AvgIpc) is 2.89. The summed E-state index contributed by atoms with van der Waals surface area (Å²) in [6.07, 6.45) is 0.116. The summed E-state index contributed by atoms with van der Waals surface area (Å²) in [7, 11) is 0. The zero-order chi connectivity index (χ0) is 16.7. The molecule has 0 aliphatic heterocycles. The zero-order valence-electron chi connectivity index (χ0n) is 12.3. The lowest BCUT2D eigenvalue weighted by atomic mass is 10.1. The van der Waals surface area contributed by atoms with Gasteiger partial charge in [-0.3, -0.25) is 9.59 Å². The van der Waals surface area contributed by atoms with Gasteiger partial charge in [0.05, 0.1) is 15.5 Å². The smallest absolute Gasteiger partial charge is 0.328 e. The number of halogens is 1. The maximum absolute atomic E-state index is 12.1. The van der Waals surface area contributed by atoms with E-state index < -0.39 is 23.9 Å². The minimum absolute atomic E-state index is 0.0123. The Morgan fingerprint density at radius 2 is 2.14 bits per heavy atom. The summed E-state index contributed by atoms with van der Waals surface area (Å²) in [5.41, 5.74) is 0.411. The van der Waals surface area contributed by atoms with Crippen LogP contribution in [-0.2, 0) is 14.3 Å². The van der Waals surface area contributed by atoms with E-state index in [0.29, 0.717) is 12.0 Å². The standard InChI is InChI=1S/C14H18BrNO5S/c1-3-8(2)21-14(20)10(4-5-12(17)18)16-13(19)9-6-11(15)22-7-9/h6-8,10H,3-5H2,1-2H3,(H,16,19)(H,17,18). The van der Waals surface area contributed by atoms with E-state index in [0.717, 1.165) is 3.79 Å². The lowest BCUT2D eigenvalue weighted by Gasteiger charge is -2.19. The van der Waals surface area contributed by atoms with E-state index in [4.69, 9.17) is 9.84 Å². The van der Waals surface area contributed by atoms with Gasteiger partial charge < -0.3 is 15.2 Å². The number of carbonyl (C=O) groups excluding carboxylic acids is 2. The summed E-state index contributed by atoms with van der Waals surface area (Å²) < 4.78 is 5.98. The highest BCUT2D eigenvalue weighted by atomic mass is 79.9. The minimum atomic E-state index is -1.03. The fourth-order valence-electron chi connectivity index (χ4n) is 1.55. The zero-order valence-corrected chi connectivity index (χ0v) is 14.7. The molecule has 1 aromatic heterocycles. The third kappa shape index (κ3) is 6.15. The fourth-order valence-corrected chi connectivity index (χ4v) is 2.69. The highest BCUT2D eigenvalue weighted by Gasteiger charge is 2.25. The van der Waals surface area contributed by atoms with Gasteiger partial charge in [0.1, 0.15) is 6.04 Å². The third-order valence-electron chi connectivity index (χ3n) is 2.96. The van der Waals surface area contributed by atoms with Crippen molar-refractivity contribution >= 4 is 45.1 Å². The molecule has 0 spiro atoms. The van der Waals surface area contributed by atoms with Gasteiger partial charge in [0.2, 0.25) is 0 Å². The molecule has 0 aliphatic rings. The van der Waals surface area contributed by atoms with Gasteiger partial charge >= 0.3 is 11.9 Å². The van der Waals surface area contributed by atoms with Gasteiger partial charge in [0.25, 0.3) is 5.91 Å². The number of hydrogen-bond donors (Lipinski definition) is 2. The number of hydrogen-bond acceptors (Lipinski definition) is 5. The topological polar surface area (TPSA) is 92.7 Å². The number of ether oxygens (including phenoxy) is 1. The van der Waals surface area contributed by atoms with Crippen LogP contribution in [0.4, 0.5) is 0 Å². The van der Waals surface area contributed by atoms with Gasteiger partial charge in [-0.1, -0.05) is 6.92 Å². The summed E-state index contributed by atoms with van der Waals surface area (Å²) in [5.74, 6) is -2.08. The van der Waals surface area contributed by atoms with Crippen LogP contribution in [0.2, 0.25) is 0 Å². The molecule has 2 unspecified atom stereocenters. The molecule has 0 saturated carbocycles. The number of esters is 1. The number of thiophene rings is 1. The Hall–Kier alpha value is -1.41. The molecule has 8 heteroatoms. The van der Waals surface area contributed by atoms with Crippen molar-refractivity contribution < 1.29 is 24.2 Å². The Balaban J connectivity index is 2.74. The predicted octanol–water partition coefficient (Wildman–Crippen LogP) is 2.82. The van der Waals surface area contributed by atoms with Crippen molar-refractivity contribution in [3.63, 3.8) is 0 Å². The maximum Gasteiger partial charge on any atom is 0.328 e. The summed E-state index contributed by atoms with van der Waals surface area (Å²) in [4.78, 5) is 34.8. The van der Waals surface area contributed by atoms with Crippen molar-refractivity contribution in [2.75, 3.05) is 0 Å². The van der Waals surface area contributed by atoms with Crippen molar-refractivity contribution in [2.24, 2.45) is 0 Å². The number of carboxylic acids is 1. The Kier molecular flexibility index (Phi) is 7.53. The second-order valence-electron chi connectivity index (χ2n) is 4.75. The Morgan fingerprint density at radius 3 is 2.64 bits per heavy atom. The van der Waals surface area contributed by atoms with E-state index in [-0.39, 0.29) is 18.9 Å². The van der Waals surface area contributed by atoms with Crippen LogP contribution in [-0.4, -0.2) is 35.1 Å². The van der Waals surface area contributed by atoms with Crippen LogP contribution >= 0.6 is 27.3 Å². The molecule has 1 rings (SSSR count). The molecule has 2 N–H and O–H groups in total. The van der Waals surface area contributed by atoms with E-state index in [1.165, 1.54) is 11.3 Å². The molecular weight excluding hydrogens is 374 g/mol. The van der Waals surface area contributed by atoms with E-state index in [1.807, 2.05) is 6.92 Å². The summed E-state index contributed by atoms with van der Waals surface area (Å²) >= 11 is 4.60. The first-order valence-electron chi connectivity index (χ1n) is 6.80. The van der Waals surface area contributed by atoms with Gasteiger partial charge in [-0.15, -0.1) is 11.3 Å².